The normalized spacial score (nSPS) is 33.0. The Kier molecular flexibility index (Phi) is 1.24. The monoisotopic (exact) mass is 146 g/mol. The van der Waals surface area contributed by atoms with E-state index in [1.165, 1.54) is 19.3 Å². The van der Waals surface area contributed by atoms with E-state index in [4.69, 9.17) is 16.3 Å². The zero-order valence-electron chi connectivity index (χ0n) is 5.40. The minimum Gasteiger partial charge on any atom is -0.378 e. The van der Waals surface area contributed by atoms with Gasteiger partial charge in [-0.05, 0) is 18.8 Å². The maximum absolute atomic E-state index is 6.18. The van der Waals surface area contributed by atoms with Crippen molar-refractivity contribution in [1.29, 1.82) is 0 Å². The minimum atomic E-state index is 0.0677. The minimum absolute atomic E-state index is 0.0677. The third kappa shape index (κ3) is 0.786. The molecule has 1 aliphatic carbocycles. The molecule has 9 heavy (non-hydrogen) atoms. The molecule has 2 heteroatoms. The molecule has 1 saturated carbocycles. The van der Waals surface area contributed by atoms with Crippen LogP contribution in [-0.4, -0.2) is 18.1 Å². The van der Waals surface area contributed by atoms with Crippen molar-refractivity contribution in [2.45, 2.75) is 24.1 Å². The average molecular weight is 147 g/mol. The lowest BCUT2D eigenvalue weighted by Gasteiger charge is -2.46. The van der Waals surface area contributed by atoms with Crippen molar-refractivity contribution in [3.63, 3.8) is 0 Å². The number of ether oxygens (including phenoxy) is 1. The molecule has 1 heterocycles. The Labute approximate surface area is 60.3 Å². The van der Waals surface area contributed by atoms with Gasteiger partial charge in [-0.25, -0.2) is 0 Å². The van der Waals surface area contributed by atoms with Gasteiger partial charge in [-0.2, -0.15) is 0 Å². The van der Waals surface area contributed by atoms with Crippen molar-refractivity contribution < 1.29 is 4.74 Å². The Morgan fingerprint density at radius 2 is 2.00 bits per heavy atom. The molecule has 1 saturated heterocycles. The molecule has 0 N–H and O–H groups in total. The van der Waals surface area contributed by atoms with Gasteiger partial charge in [0.05, 0.1) is 18.1 Å². The Bertz CT molecular complexity index is 116. The summed E-state index contributed by atoms with van der Waals surface area (Å²) in [6, 6.07) is 0. The van der Waals surface area contributed by atoms with Crippen molar-refractivity contribution in [1.82, 2.24) is 0 Å². The summed E-state index contributed by atoms with van der Waals surface area (Å²) in [6.45, 7) is 1.58. The fourth-order valence-corrected chi connectivity index (χ4v) is 1.83. The number of hydrogen-bond donors (Lipinski definition) is 0. The van der Waals surface area contributed by atoms with Crippen LogP contribution >= 0.6 is 11.6 Å². The zero-order valence-corrected chi connectivity index (χ0v) is 6.16. The summed E-state index contributed by atoms with van der Waals surface area (Å²) < 4.78 is 5.06. The van der Waals surface area contributed by atoms with Gasteiger partial charge in [-0.3, -0.25) is 0 Å². The quantitative estimate of drug-likeness (QED) is 0.513. The third-order valence-electron chi connectivity index (χ3n) is 2.52. The molecule has 52 valence electrons. The summed E-state index contributed by atoms with van der Waals surface area (Å²) in [5, 5.41) is 0. The molecular weight excluding hydrogens is 136 g/mol. The smallest absolute Gasteiger partial charge is 0.0939 e. The zero-order chi connectivity index (χ0) is 6.32. The van der Waals surface area contributed by atoms with Crippen LogP contribution in [0.15, 0.2) is 0 Å². The largest absolute Gasteiger partial charge is 0.378 e. The maximum Gasteiger partial charge on any atom is 0.0939 e. The summed E-state index contributed by atoms with van der Waals surface area (Å²) in [7, 11) is 0. The van der Waals surface area contributed by atoms with Gasteiger partial charge in [0.1, 0.15) is 0 Å². The van der Waals surface area contributed by atoms with Crippen molar-refractivity contribution in [2.75, 3.05) is 13.2 Å². The third-order valence-corrected chi connectivity index (χ3v) is 3.05. The molecular formula is C7H11ClO. The lowest BCUT2D eigenvalue weighted by atomic mass is 9.74. The van der Waals surface area contributed by atoms with Gasteiger partial charge in [0.15, 0.2) is 0 Å². The van der Waals surface area contributed by atoms with E-state index in [0.29, 0.717) is 0 Å². The molecule has 0 amide bonds. The van der Waals surface area contributed by atoms with E-state index in [1.807, 2.05) is 0 Å². The Hall–Kier alpha value is 0.250. The van der Waals surface area contributed by atoms with Crippen molar-refractivity contribution in [3.05, 3.63) is 0 Å². The van der Waals surface area contributed by atoms with Gasteiger partial charge in [0.2, 0.25) is 0 Å². The second-order valence-electron chi connectivity index (χ2n) is 3.16. The fourth-order valence-electron chi connectivity index (χ4n) is 1.46. The molecule has 2 aliphatic rings. The van der Waals surface area contributed by atoms with Gasteiger partial charge in [0.25, 0.3) is 0 Å². The summed E-state index contributed by atoms with van der Waals surface area (Å²) in [6.07, 6.45) is 4.03. The Morgan fingerprint density at radius 3 is 2.11 bits per heavy atom. The first-order valence-electron chi connectivity index (χ1n) is 3.58. The molecule has 0 atom stereocenters. The average Bonchev–Trinajstić information content (AvgIpc) is 1.56. The highest BCUT2D eigenvalue weighted by Crippen LogP contribution is 2.44. The molecule has 1 nitrogen and oxygen atoms in total. The Morgan fingerprint density at radius 1 is 1.33 bits per heavy atom. The van der Waals surface area contributed by atoms with Crippen molar-refractivity contribution in [3.8, 4) is 0 Å². The molecule has 0 spiro atoms. The molecule has 0 aromatic carbocycles. The molecule has 1 aliphatic heterocycles. The highest BCUT2D eigenvalue weighted by molar-refractivity contribution is 6.25. The molecule has 0 radical (unpaired) electrons. The molecule has 0 aromatic rings. The molecule has 2 fully saturated rings. The van der Waals surface area contributed by atoms with Crippen LogP contribution in [0.4, 0.5) is 0 Å². The van der Waals surface area contributed by atoms with Crippen molar-refractivity contribution in [2.24, 2.45) is 5.92 Å². The number of alkyl halides is 1. The lowest BCUT2D eigenvalue weighted by Crippen LogP contribution is -2.52. The predicted octanol–water partition coefficient (Wildman–Crippen LogP) is 1.79. The first kappa shape index (κ1) is 5.99. The van der Waals surface area contributed by atoms with E-state index in [9.17, 15) is 0 Å². The van der Waals surface area contributed by atoms with E-state index in [1.54, 1.807) is 0 Å². The Balaban J connectivity index is 1.94. The standard InChI is InChI=1S/C7H11ClO/c8-7(4-9-5-7)6-2-1-3-6/h6H,1-5H2. The lowest BCUT2D eigenvalue weighted by molar-refractivity contribution is -0.0563. The molecule has 2 rings (SSSR count). The fraction of sp³-hybridized carbons (Fsp3) is 1.00. The summed E-state index contributed by atoms with van der Waals surface area (Å²) in [5.74, 6) is 0.771. The van der Waals surface area contributed by atoms with E-state index in [2.05, 4.69) is 0 Å². The van der Waals surface area contributed by atoms with Crippen LogP contribution in [0.1, 0.15) is 19.3 Å². The van der Waals surface area contributed by atoms with E-state index in [0.717, 1.165) is 19.1 Å². The number of rotatable bonds is 1. The first-order valence-corrected chi connectivity index (χ1v) is 3.96. The SMILES string of the molecule is ClC1(C2CCC2)COC1. The summed E-state index contributed by atoms with van der Waals surface area (Å²) >= 11 is 6.18. The van der Waals surface area contributed by atoms with Crippen LogP contribution in [0.2, 0.25) is 0 Å². The summed E-state index contributed by atoms with van der Waals surface area (Å²) in [5.41, 5.74) is 0. The van der Waals surface area contributed by atoms with Gasteiger partial charge < -0.3 is 4.74 Å². The van der Waals surface area contributed by atoms with Crippen LogP contribution in [0.25, 0.3) is 0 Å². The molecule has 0 unspecified atom stereocenters. The first-order chi connectivity index (χ1) is 4.31. The molecule has 0 bridgehead atoms. The van der Waals surface area contributed by atoms with E-state index in [-0.39, 0.29) is 4.87 Å². The van der Waals surface area contributed by atoms with E-state index >= 15 is 0 Å². The number of hydrogen-bond acceptors (Lipinski definition) is 1. The van der Waals surface area contributed by atoms with E-state index < -0.39 is 0 Å². The van der Waals surface area contributed by atoms with Gasteiger partial charge in [0, 0.05) is 0 Å². The molecule has 0 aromatic heterocycles. The van der Waals surface area contributed by atoms with Crippen LogP contribution in [0.5, 0.6) is 0 Å². The highest BCUT2D eigenvalue weighted by Gasteiger charge is 2.46. The van der Waals surface area contributed by atoms with Crippen LogP contribution < -0.4 is 0 Å². The number of halogens is 1. The highest BCUT2D eigenvalue weighted by atomic mass is 35.5. The van der Waals surface area contributed by atoms with Crippen molar-refractivity contribution >= 4 is 11.6 Å². The summed E-state index contributed by atoms with van der Waals surface area (Å²) in [4.78, 5) is 0.0677. The van der Waals surface area contributed by atoms with Gasteiger partial charge in [-0.1, -0.05) is 6.42 Å². The van der Waals surface area contributed by atoms with Gasteiger partial charge in [-0.15, -0.1) is 11.6 Å². The van der Waals surface area contributed by atoms with Crippen LogP contribution in [0.3, 0.4) is 0 Å². The second-order valence-corrected chi connectivity index (χ2v) is 3.91. The van der Waals surface area contributed by atoms with Gasteiger partial charge >= 0.3 is 0 Å². The second kappa shape index (κ2) is 1.86. The maximum atomic E-state index is 6.18. The van der Waals surface area contributed by atoms with Crippen LogP contribution in [-0.2, 0) is 4.74 Å². The predicted molar refractivity (Wildman–Crippen MR) is 36.7 cm³/mol. The topological polar surface area (TPSA) is 9.23 Å². The van der Waals surface area contributed by atoms with Crippen LogP contribution in [0, 0.1) is 5.92 Å².